The third kappa shape index (κ3) is 16.4. The number of carbonyl (C=O) groups is 4. The lowest BCUT2D eigenvalue weighted by molar-refractivity contribution is -0.130. The number of Topliss-reactive ketones (excluding diaryl/α,β-unsaturated/α-hetero) is 4. The Bertz CT molecular complexity index is 6430. The van der Waals surface area contributed by atoms with E-state index in [1.165, 1.54) is 0 Å². The van der Waals surface area contributed by atoms with Crippen LogP contribution < -0.4 is 37.9 Å². The number of ketones is 4. The van der Waals surface area contributed by atoms with Crippen LogP contribution in [0.1, 0.15) is 282 Å². The lowest BCUT2D eigenvalue weighted by atomic mass is 9.79. The molecule has 4 aromatic carbocycles. The maximum atomic E-state index is 14.0. The minimum absolute atomic E-state index is 0.0438. The van der Waals surface area contributed by atoms with Crippen molar-refractivity contribution < 1.29 is 152 Å². The van der Waals surface area contributed by atoms with Gasteiger partial charge in [0.25, 0.3) is 0 Å². The predicted octanol–water partition coefficient (Wildman–Crippen LogP) is 13.7. The first-order valence-corrected chi connectivity index (χ1v) is 28.4. The minimum atomic E-state index is -4.30. The van der Waals surface area contributed by atoms with Gasteiger partial charge in [-0.15, -0.1) is 0 Å². The maximum absolute atomic E-state index is 14.0. The van der Waals surface area contributed by atoms with E-state index in [2.05, 4.69) is 9.47 Å². The summed E-state index contributed by atoms with van der Waals surface area (Å²) >= 11 is 0. The molecule has 0 spiro atoms. The number of fused-ring (bicyclic) bond motifs is 12. The minimum Gasteiger partial charge on any atom is -0.493 e. The fourth-order valence-corrected chi connectivity index (χ4v) is 10.5. The summed E-state index contributed by atoms with van der Waals surface area (Å²) in [4.78, 5) is 55.4. The molecule has 0 radical (unpaired) electrons. The van der Waals surface area contributed by atoms with E-state index >= 15 is 0 Å². The highest BCUT2D eigenvalue weighted by Gasteiger charge is 2.43. The largest absolute Gasteiger partial charge is 0.493 e. The molecule has 0 bridgehead atoms. The van der Waals surface area contributed by atoms with Gasteiger partial charge in [-0.05, 0) is 168 Å². The molecule has 0 N–H and O–H groups in total. The van der Waals surface area contributed by atoms with Crippen molar-refractivity contribution in [3.63, 3.8) is 0 Å². The molecule has 516 valence electrons. The number of hydrogen-bond donors (Lipinski definition) is 0. The molecule has 0 amide bonds. The molecular formula is C78H112N4O12. The summed E-state index contributed by atoms with van der Waals surface area (Å²) in [5.74, 6) is -30.9. The van der Waals surface area contributed by atoms with E-state index in [1.54, 1.807) is 13.8 Å². The van der Waals surface area contributed by atoms with Gasteiger partial charge in [-0.2, -0.15) is 0 Å². The number of ether oxygens (including phenoxy) is 8. The number of carbonyl (C=O) groups excluding carboxylic acids is 4. The van der Waals surface area contributed by atoms with E-state index in [-0.39, 0.29) is 29.7 Å². The number of nitrogens with zero attached hydrogens (tertiary/aromatic N) is 4. The van der Waals surface area contributed by atoms with Crippen molar-refractivity contribution >= 4 is 23.1 Å². The van der Waals surface area contributed by atoms with Gasteiger partial charge in [-0.1, -0.05) is 68.0 Å². The molecular weight excluding hydrogens is 1180 g/mol. The smallest absolute Gasteiger partial charge is 0.161 e. The van der Waals surface area contributed by atoms with Crippen LogP contribution in [0.4, 0.5) is 0 Å². The summed E-state index contributed by atoms with van der Waals surface area (Å²) in [5.41, 5.74) is -7.57. The van der Waals surface area contributed by atoms with Gasteiger partial charge in [-0.25, -0.2) is 0 Å². The summed E-state index contributed by atoms with van der Waals surface area (Å²) < 4.78 is 604. The lowest BCUT2D eigenvalue weighted by Gasteiger charge is -2.43. The van der Waals surface area contributed by atoms with Gasteiger partial charge in [0.1, 0.15) is 23.1 Å². The Kier molecular flexibility index (Phi) is 8.47. The molecule has 12 rings (SSSR count). The second-order valence-electron chi connectivity index (χ2n) is 21.9. The van der Waals surface area contributed by atoms with E-state index in [4.69, 9.17) is 120 Å². The SMILES string of the molecule is [2H]C([2H])([2H])Oc1cc2c(cc1OC([2H])([2H])[2H])C1([2H])N(CC([2H])(CC(C)C)C(=O)C1([2H])[2H])C([2H])([2H])C2([2H])[2H].[2H]c1c(OC([2H])([2H])[2H])c(OC([2H])([2H])[2H])c([2H])c2c1C([2H])([2H])C([2H])([2H])N1CC([2H])(C([2H])([2H])C([2H])(C([2H])([2H])[2H])C([2H])([2H])C)C(=O)C([2H])([2H])C21[2H].[2H]c1c(OC([2H])([2H])[2H])c(OC([2H])([2H])[2H])c([2H])c2c1C1([2H])CC(=O)C(CC(C)C)CN1C([2H])([2H])C2([2H])[2H].[2H]c1c(OC([2H])([2H])[2H])c(OC)c([2H])c2c1C1([2H])CC(=O)C(C([2H])([2H])C([2H])(C([2H])([2H])[2H])C([2H])([2H])C)CN1C([2H])([2H])C2([2H])[2H]. The van der Waals surface area contributed by atoms with Gasteiger partial charge < -0.3 is 37.9 Å². The Balaban J connectivity index is 0.000000241. The van der Waals surface area contributed by atoms with Crippen LogP contribution >= 0.6 is 0 Å². The van der Waals surface area contributed by atoms with Gasteiger partial charge >= 0.3 is 0 Å². The molecule has 4 aromatic rings. The summed E-state index contributed by atoms with van der Waals surface area (Å²) in [6.45, 7) is -17.3. The first-order valence-electron chi connectivity index (χ1n) is 62.9. The Hall–Kier alpha value is -6.20. The van der Waals surface area contributed by atoms with Crippen molar-refractivity contribution in [2.45, 2.75) is 169 Å². The number of benzene rings is 4. The van der Waals surface area contributed by atoms with Gasteiger partial charge in [0, 0.05) is 178 Å². The molecule has 94 heavy (non-hydrogen) atoms. The van der Waals surface area contributed by atoms with Crippen LogP contribution in [0, 0.1) is 47.2 Å². The Morgan fingerprint density at radius 2 is 0.851 bits per heavy atom. The number of methoxy groups -OCH3 is 8. The van der Waals surface area contributed by atoms with Crippen molar-refractivity contribution in [2.24, 2.45) is 47.2 Å². The number of rotatable bonds is 18. The van der Waals surface area contributed by atoms with Crippen molar-refractivity contribution in [1.82, 2.24) is 19.6 Å². The van der Waals surface area contributed by atoms with Crippen molar-refractivity contribution in [3.8, 4) is 46.0 Å². The zero-order chi connectivity index (χ0) is 128. The van der Waals surface area contributed by atoms with Crippen LogP contribution in [0.25, 0.3) is 0 Å². The van der Waals surface area contributed by atoms with E-state index in [0.717, 1.165) is 12.0 Å². The molecule has 4 fully saturated rings. The number of piperidine rings is 4. The van der Waals surface area contributed by atoms with Crippen molar-refractivity contribution in [1.29, 1.82) is 0 Å². The van der Waals surface area contributed by atoms with Crippen LogP contribution in [0.3, 0.4) is 0 Å². The van der Waals surface area contributed by atoms with Gasteiger partial charge in [-0.3, -0.25) is 38.8 Å². The third-order valence-corrected chi connectivity index (χ3v) is 14.9. The van der Waals surface area contributed by atoms with E-state index in [0.29, 0.717) is 42.2 Å². The van der Waals surface area contributed by atoms with E-state index < -0.39 is 395 Å². The average molecular weight is 1370 g/mol. The van der Waals surface area contributed by atoms with Crippen LogP contribution in [0.5, 0.6) is 46.0 Å². The lowest BCUT2D eigenvalue weighted by Crippen LogP contribution is -2.46. The second-order valence-corrected chi connectivity index (χ2v) is 21.9. The summed E-state index contributed by atoms with van der Waals surface area (Å²) in [6, 6.07) is -17.8. The highest BCUT2D eigenvalue weighted by molar-refractivity contribution is 5.85. The molecule has 4 saturated heterocycles. The molecule has 8 heterocycles. The fraction of sp³-hybridized carbons (Fsp3) is 0.641. The van der Waals surface area contributed by atoms with Gasteiger partial charge in [0.05, 0.1) is 98.9 Å². The van der Waals surface area contributed by atoms with E-state index in [1.807, 2.05) is 13.8 Å². The van der Waals surface area contributed by atoms with Crippen LogP contribution in [-0.2, 0) is 44.7 Å². The predicted molar refractivity (Wildman–Crippen MR) is 370 cm³/mol. The van der Waals surface area contributed by atoms with Gasteiger partial charge in [0.2, 0.25) is 0 Å². The Morgan fingerprint density at radius 3 is 1.32 bits per heavy atom. The van der Waals surface area contributed by atoms with Crippen molar-refractivity contribution in [2.75, 3.05) is 109 Å². The molecule has 10 atom stereocenters. The number of aryl methyl sites for hydroxylation is 1. The number of hydrogen-bond acceptors (Lipinski definition) is 16. The Morgan fingerprint density at radius 1 is 0.468 bits per heavy atom. The first-order chi connectivity index (χ1) is 71.6. The van der Waals surface area contributed by atoms with Gasteiger partial charge in [0.15, 0.2) is 46.0 Å². The molecule has 0 aromatic heterocycles. The zero-order valence-electron chi connectivity index (χ0n) is 120. The standard InChI is InChI=1S/2C20H29NO3.2C19H27NO3/c2*1-5-13(2)8-15-12-21-7-6-14-9-19(23-3)20(24-4)10-16(14)17(21)11-18(15)22;2*1-12(2)7-14-11-20-6-5-13-8-18(22-3)19(23-4)9-15(13)16(20)10-17(14)21/h2*9-10,13,15,17H,5-8,11-12H2,1-4H3;2*8-9,12,14,16H,5-7,10-11H2,1-4H3/i2D3,3D3,4D3,5D2,6D2,7D2,8D2,9D,10D,11D2,13D,15D,17D;2D3,4D3,5D2,6D2,7D2,8D2,9D,10D,13D,17D;3D3,4D3,5D2,6D2,10D2,14D,16D;3D3,4D3,5D2,6D2,8D,9D,16D. The normalized spacial score (nSPS) is 47.9. The van der Waals surface area contributed by atoms with Crippen molar-refractivity contribution in [3.05, 3.63) is 92.9 Å². The van der Waals surface area contributed by atoms with Crippen LogP contribution in [0.15, 0.2) is 48.4 Å². The highest BCUT2D eigenvalue weighted by atomic mass is 16.5. The molecule has 10 unspecified atom stereocenters. The zero-order valence-corrected chi connectivity index (χ0v) is 51.3. The molecule has 8 aliphatic rings. The summed E-state index contributed by atoms with van der Waals surface area (Å²) in [7, 11) is -22.2. The molecule has 16 nitrogen and oxygen atoms in total. The molecule has 0 aliphatic carbocycles. The first kappa shape index (κ1) is 24.4. The monoisotopic (exact) mass is 1370 g/mol. The van der Waals surface area contributed by atoms with Crippen LogP contribution in [0.2, 0.25) is 0 Å². The third-order valence-electron chi connectivity index (χ3n) is 14.9. The fourth-order valence-electron chi connectivity index (χ4n) is 10.5. The van der Waals surface area contributed by atoms with E-state index in [9.17, 15) is 21.9 Å². The quantitative estimate of drug-likeness (QED) is 0.0926. The maximum Gasteiger partial charge on any atom is 0.161 e. The summed E-state index contributed by atoms with van der Waals surface area (Å²) in [6.07, 6.45) is -36.9. The second kappa shape index (κ2) is 32.7. The van der Waals surface area contributed by atoms with Crippen LogP contribution in [-0.4, -0.2) is 151 Å². The topological polar surface area (TPSA) is 155 Å². The molecule has 0 saturated carbocycles. The summed E-state index contributed by atoms with van der Waals surface area (Å²) in [5, 5.41) is 0. The highest BCUT2D eigenvalue weighted by Crippen LogP contribution is 2.48. The Labute approximate surface area is 659 Å². The molecule has 8 aliphatic heterocycles. The average Bonchev–Trinajstić information content (AvgIpc) is 0.644. The molecule has 16 heteroatoms.